The number of piperidine rings is 3. The Morgan fingerprint density at radius 2 is 0.857 bits per heavy atom. The number of rotatable bonds is 9. The van der Waals surface area contributed by atoms with Gasteiger partial charge in [-0.1, -0.05) is 79.0 Å². The molecule has 10 aliphatic rings. The van der Waals surface area contributed by atoms with E-state index >= 15 is 0 Å². The summed E-state index contributed by atoms with van der Waals surface area (Å²) in [5.41, 5.74) is 3.85. The first-order valence-electron chi connectivity index (χ1n) is 29.5. The van der Waals surface area contributed by atoms with Crippen molar-refractivity contribution in [2.45, 2.75) is 235 Å². The highest BCUT2D eigenvalue weighted by Crippen LogP contribution is 2.54. The van der Waals surface area contributed by atoms with E-state index in [1.54, 1.807) is 27.5 Å². The number of likely N-dealkylation sites (tertiary alicyclic amines) is 3. The van der Waals surface area contributed by atoms with Crippen molar-refractivity contribution in [3.8, 4) is 0 Å². The molecule has 0 atom stereocenters. The summed E-state index contributed by atoms with van der Waals surface area (Å²) in [4.78, 5) is 39.8. The van der Waals surface area contributed by atoms with Gasteiger partial charge in [-0.2, -0.15) is 0 Å². The maximum atomic E-state index is 14.3. The van der Waals surface area contributed by atoms with Crippen LogP contribution in [0.1, 0.15) is 176 Å². The van der Waals surface area contributed by atoms with E-state index in [9.17, 15) is 27.2 Å². The minimum absolute atomic E-state index is 0.0578. The number of benzene rings is 2. The third kappa shape index (κ3) is 11.0. The van der Waals surface area contributed by atoms with Gasteiger partial charge in [-0.25, -0.2) is 17.6 Å². The number of amides is 2. The van der Waals surface area contributed by atoms with Gasteiger partial charge in [-0.3, -0.25) is 14.5 Å². The van der Waals surface area contributed by atoms with Crippen LogP contribution in [0.5, 0.6) is 0 Å². The molecular weight excluding hydrogens is 1100 g/mol. The van der Waals surface area contributed by atoms with Crippen molar-refractivity contribution < 1.29 is 45.8 Å². The van der Waals surface area contributed by atoms with Crippen LogP contribution in [0.2, 0.25) is 0 Å². The first-order valence-corrected chi connectivity index (χ1v) is 31.0. The van der Waals surface area contributed by atoms with Crippen molar-refractivity contribution in [3.05, 3.63) is 47.5 Å². The molecule has 0 radical (unpaired) electrons. The van der Waals surface area contributed by atoms with Crippen molar-refractivity contribution in [2.24, 2.45) is 0 Å². The normalized spacial score (nSPS) is 30.0. The van der Waals surface area contributed by atoms with Gasteiger partial charge in [0, 0.05) is 35.5 Å². The number of carbonyl (C=O) groups excluding carboxylic acids is 2. The molecule has 2 aromatic carbocycles. The van der Waals surface area contributed by atoms with Crippen LogP contribution in [0, 0.1) is 0 Å². The molecule has 2 amide bonds. The molecule has 12 rings (SSSR count). The molecule has 0 N–H and O–H groups in total. The lowest BCUT2D eigenvalue weighted by Gasteiger charge is -2.48. The summed E-state index contributed by atoms with van der Waals surface area (Å²) in [5.74, 6) is 0.535. The average Bonchev–Trinajstić information content (AvgIpc) is 4.08. The Kier molecular flexibility index (Phi) is 16.9. The molecule has 8 fully saturated rings. The summed E-state index contributed by atoms with van der Waals surface area (Å²) in [6.45, 7) is 22.2. The van der Waals surface area contributed by atoms with E-state index in [0.717, 1.165) is 92.3 Å². The molecule has 3 aliphatic carbocycles. The smallest absolute Gasteiger partial charge is 0.399 e. The van der Waals surface area contributed by atoms with Gasteiger partial charge in [0.15, 0.2) is 0 Å². The van der Waals surface area contributed by atoms with Crippen LogP contribution in [0.3, 0.4) is 0 Å². The fourth-order valence-electron chi connectivity index (χ4n) is 14.3. The summed E-state index contributed by atoms with van der Waals surface area (Å²) in [5, 5.41) is 0. The van der Waals surface area contributed by atoms with E-state index in [2.05, 4.69) is 77.6 Å². The fraction of sp³-hybridized carbons (Fsp3) is 0.763. The van der Waals surface area contributed by atoms with Crippen LogP contribution >= 0.6 is 22.6 Å². The molecule has 5 saturated heterocycles. The topological polar surface area (TPSA) is 87.3 Å². The molecule has 11 nitrogen and oxygen atoms in total. The zero-order valence-electron chi connectivity index (χ0n) is 47.3. The standard InChI is InChI=1S/C29H42BF2N3O3.C28H41BN2O3.C2H3F2I/c1-27(2)28(3,4)38-30(37-27)20-8-9-23-24(16-20)35(22-17-21(18-22)34-12-6-5-7-13-34)26(36)29(23)10-14-33(15-11-29)19-25(31)32;1-26(2)27(3,4)34-29(33-26)20-11-12-23-24(17-20)31(25(32)28(23)13-7-5-8-14-28)22-18-21(19-22)30-15-9-6-10-16-30;3-2(4)1-5/h8-9,16,21-22,25H,5-7,10-15,17-19H2,1-4H3;11-12,17,21-22H,5-10,13-16,18-19H2,1-4H3;2H,1H2. The number of halogens is 5. The molecule has 2 aromatic rings. The van der Waals surface area contributed by atoms with Gasteiger partial charge in [0.1, 0.15) is 0 Å². The quantitative estimate of drug-likeness (QED) is 0.105. The zero-order valence-corrected chi connectivity index (χ0v) is 49.5. The lowest BCUT2D eigenvalue weighted by Crippen LogP contribution is -2.58. The molecule has 0 aromatic heterocycles. The molecule has 3 saturated carbocycles. The highest BCUT2D eigenvalue weighted by atomic mass is 127. The van der Waals surface area contributed by atoms with Crippen LogP contribution in [-0.4, -0.2) is 150 Å². The number of hydrogen-bond acceptors (Lipinski definition) is 9. The second-order valence-corrected chi connectivity index (χ2v) is 27.2. The minimum atomic E-state index is -2.35. The SMILES string of the molecule is CC1(C)OB(c2ccc3c(c2)N(C2CC(N4CCCCC4)C2)C(=O)C32CCCCC2)OC1(C)C.CC1(C)OB(c2ccc3c(c2)N(C2CC(N4CCCCC4)C2)C(=O)C32CCN(CC(F)F)CC2)OC1(C)C.FC(F)CI. The van der Waals surface area contributed by atoms with Gasteiger partial charge in [-0.15, -0.1) is 0 Å². The van der Waals surface area contributed by atoms with Gasteiger partial charge in [0.05, 0.1) is 44.2 Å². The molecule has 7 heterocycles. The molecule has 0 unspecified atom stereocenters. The van der Waals surface area contributed by atoms with E-state index in [4.69, 9.17) is 18.6 Å². The van der Waals surface area contributed by atoms with Crippen LogP contribution in [0.25, 0.3) is 0 Å². The Labute approximate surface area is 471 Å². The second kappa shape index (κ2) is 22.4. The van der Waals surface area contributed by atoms with Crippen LogP contribution < -0.4 is 20.7 Å². The number of alkyl halides is 5. The number of hydrogen-bond donors (Lipinski definition) is 0. The molecule has 7 aliphatic heterocycles. The first-order chi connectivity index (χ1) is 36.5. The predicted octanol–water partition coefficient (Wildman–Crippen LogP) is 10.2. The molecule has 424 valence electrons. The Balaban J connectivity index is 0.000000161. The Bertz CT molecular complexity index is 2400. The van der Waals surface area contributed by atoms with E-state index in [0.29, 0.717) is 50.0 Å². The Hall–Kier alpha value is -2.32. The lowest BCUT2D eigenvalue weighted by molar-refractivity contribution is -0.126. The van der Waals surface area contributed by atoms with Crippen LogP contribution in [0.15, 0.2) is 36.4 Å². The summed E-state index contributed by atoms with van der Waals surface area (Å²) in [6, 6.07) is 14.6. The second-order valence-electron chi connectivity index (χ2n) is 26.3. The zero-order chi connectivity index (χ0) is 54.9. The van der Waals surface area contributed by atoms with Gasteiger partial charge in [-0.05, 0) is 206 Å². The monoisotopic (exact) mass is 1190 g/mol. The first kappa shape index (κ1) is 57.9. The minimum Gasteiger partial charge on any atom is -0.399 e. The van der Waals surface area contributed by atoms with E-state index < -0.39 is 43.7 Å². The summed E-state index contributed by atoms with van der Waals surface area (Å²) < 4.78 is 73.0. The van der Waals surface area contributed by atoms with Crippen molar-refractivity contribution in [1.82, 2.24) is 14.7 Å². The van der Waals surface area contributed by atoms with Crippen LogP contribution in [0.4, 0.5) is 28.9 Å². The van der Waals surface area contributed by atoms with Crippen molar-refractivity contribution >= 4 is 70.9 Å². The van der Waals surface area contributed by atoms with Gasteiger partial charge in [0.2, 0.25) is 18.2 Å². The van der Waals surface area contributed by atoms with E-state index in [1.807, 2.05) is 33.8 Å². The summed E-state index contributed by atoms with van der Waals surface area (Å²) in [7, 11) is -0.883. The third-order valence-electron chi connectivity index (χ3n) is 20.6. The molecule has 0 bridgehead atoms. The lowest BCUT2D eigenvalue weighted by atomic mass is 9.69. The maximum Gasteiger partial charge on any atom is 0.494 e. The highest BCUT2D eigenvalue weighted by molar-refractivity contribution is 14.1. The molecule has 2 spiro atoms. The largest absolute Gasteiger partial charge is 0.494 e. The number of carbonyl (C=O) groups is 2. The summed E-state index contributed by atoms with van der Waals surface area (Å²) >= 11 is 1.63. The number of fused-ring (bicyclic) bond motifs is 4. The van der Waals surface area contributed by atoms with Gasteiger partial charge >= 0.3 is 14.2 Å². The summed E-state index contributed by atoms with van der Waals surface area (Å²) in [6.07, 6.45) is 14.3. The Morgan fingerprint density at radius 1 is 0.506 bits per heavy atom. The molecular formula is C59H86B2F4IN5O6. The van der Waals surface area contributed by atoms with Gasteiger partial charge < -0.3 is 38.2 Å². The highest BCUT2D eigenvalue weighted by Gasteiger charge is 2.59. The van der Waals surface area contributed by atoms with E-state index in [-0.39, 0.29) is 39.5 Å². The third-order valence-corrected chi connectivity index (χ3v) is 21.2. The van der Waals surface area contributed by atoms with Crippen molar-refractivity contribution in [3.63, 3.8) is 0 Å². The number of anilines is 2. The average molecular weight is 1190 g/mol. The molecule has 18 heteroatoms. The van der Waals surface area contributed by atoms with Gasteiger partial charge in [0.25, 0.3) is 6.43 Å². The van der Waals surface area contributed by atoms with E-state index in [1.165, 1.54) is 63.6 Å². The van der Waals surface area contributed by atoms with Crippen molar-refractivity contribution in [1.29, 1.82) is 0 Å². The number of nitrogens with zero attached hydrogens (tertiary/aromatic N) is 5. The fourth-order valence-corrected chi connectivity index (χ4v) is 14.3. The molecule has 77 heavy (non-hydrogen) atoms. The maximum absolute atomic E-state index is 14.3. The van der Waals surface area contributed by atoms with Crippen molar-refractivity contribution in [2.75, 3.05) is 60.0 Å². The Morgan fingerprint density at radius 3 is 1.21 bits per heavy atom. The predicted molar refractivity (Wildman–Crippen MR) is 307 cm³/mol. The van der Waals surface area contributed by atoms with Crippen LogP contribution in [-0.2, 0) is 39.0 Å².